The Morgan fingerprint density at radius 2 is 1.69 bits per heavy atom. The average Bonchev–Trinajstić information content (AvgIpc) is 3.32. The number of ketones is 1. The van der Waals surface area contributed by atoms with Crippen molar-refractivity contribution in [2.24, 2.45) is 5.73 Å². The van der Waals surface area contributed by atoms with Crippen LogP contribution >= 0.6 is 0 Å². The molecular weight excluding hydrogens is 496 g/mol. The second kappa shape index (κ2) is 11.5. The van der Waals surface area contributed by atoms with Crippen molar-refractivity contribution in [2.75, 3.05) is 16.0 Å². The van der Waals surface area contributed by atoms with Gasteiger partial charge in [-0.15, -0.1) is 0 Å². The standard InChI is InChI=1S/C29H30N6O4/c1-4-19-13-18(12-16(2)25(19)37)15-31-27-24(26(30)38)28(35-34-27)32-22-8-10-23(11-9-22)33-29(39)21-7-5-6-20(14-21)17(3)36/h5-14,37H,4,15H2,1-3H3,(H2,30,38)(H,33,39)(H3,31,32,34,35). The molecule has 7 N–H and O–H groups in total. The molecule has 1 heterocycles. The number of carbonyl (C=O) groups excluding carboxylic acids is 3. The van der Waals surface area contributed by atoms with Crippen molar-refractivity contribution in [1.82, 2.24) is 10.2 Å². The van der Waals surface area contributed by atoms with Gasteiger partial charge in [-0.25, -0.2) is 0 Å². The topological polar surface area (TPSA) is 162 Å². The zero-order chi connectivity index (χ0) is 28.1. The van der Waals surface area contributed by atoms with Crippen molar-refractivity contribution in [3.63, 3.8) is 0 Å². The Kier molecular flexibility index (Phi) is 7.95. The number of phenolic OH excluding ortho intramolecular Hbond substituents is 1. The van der Waals surface area contributed by atoms with Crippen LogP contribution in [0.5, 0.6) is 5.75 Å². The maximum Gasteiger partial charge on any atom is 0.256 e. The van der Waals surface area contributed by atoms with Crippen molar-refractivity contribution >= 4 is 40.6 Å². The normalized spacial score (nSPS) is 10.6. The van der Waals surface area contributed by atoms with Gasteiger partial charge in [-0.05, 0) is 73.4 Å². The summed E-state index contributed by atoms with van der Waals surface area (Å²) >= 11 is 0. The van der Waals surface area contributed by atoms with Gasteiger partial charge in [0.25, 0.3) is 11.8 Å². The van der Waals surface area contributed by atoms with Crippen LogP contribution in [0.4, 0.5) is 23.0 Å². The van der Waals surface area contributed by atoms with Crippen LogP contribution < -0.4 is 21.7 Å². The van der Waals surface area contributed by atoms with E-state index in [9.17, 15) is 19.5 Å². The predicted molar refractivity (Wildman–Crippen MR) is 151 cm³/mol. The lowest BCUT2D eigenvalue weighted by Gasteiger charge is -2.11. The molecule has 0 aliphatic heterocycles. The lowest BCUT2D eigenvalue weighted by Crippen LogP contribution is -2.15. The minimum absolute atomic E-state index is 0.117. The van der Waals surface area contributed by atoms with Crippen molar-refractivity contribution < 1.29 is 19.5 Å². The molecule has 0 bridgehead atoms. The number of aromatic amines is 1. The highest BCUT2D eigenvalue weighted by atomic mass is 16.3. The summed E-state index contributed by atoms with van der Waals surface area (Å²) in [6.07, 6.45) is 0.693. The number of nitrogens with two attached hydrogens (primary N) is 1. The number of hydrogen-bond donors (Lipinski definition) is 6. The molecule has 4 aromatic rings. The molecule has 10 nitrogen and oxygen atoms in total. The van der Waals surface area contributed by atoms with Crippen LogP contribution in [-0.2, 0) is 13.0 Å². The number of phenols is 1. The number of aromatic hydroxyl groups is 1. The van der Waals surface area contributed by atoms with Crippen LogP contribution in [0.25, 0.3) is 0 Å². The van der Waals surface area contributed by atoms with Crippen LogP contribution in [0.3, 0.4) is 0 Å². The minimum Gasteiger partial charge on any atom is -0.507 e. The van der Waals surface area contributed by atoms with Gasteiger partial charge < -0.3 is 26.8 Å². The summed E-state index contributed by atoms with van der Waals surface area (Å²) in [4.78, 5) is 36.5. The van der Waals surface area contributed by atoms with Gasteiger partial charge in [0.1, 0.15) is 17.1 Å². The summed E-state index contributed by atoms with van der Waals surface area (Å²) in [6, 6.07) is 17.1. The molecule has 0 saturated carbocycles. The summed E-state index contributed by atoms with van der Waals surface area (Å²) in [5.41, 5.74) is 10.4. The zero-order valence-electron chi connectivity index (χ0n) is 21.9. The fourth-order valence-corrected chi connectivity index (χ4v) is 4.16. The van der Waals surface area contributed by atoms with E-state index in [1.165, 1.54) is 6.92 Å². The third-order valence-electron chi connectivity index (χ3n) is 6.24. The molecule has 0 aliphatic rings. The zero-order valence-corrected chi connectivity index (χ0v) is 21.9. The average molecular weight is 527 g/mol. The number of aryl methyl sites for hydroxylation is 2. The van der Waals surface area contributed by atoms with Gasteiger partial charge >= 0.3 is 0 Å². The van der Waals surface area contributed by atoms with Gasteiger partial charge in [0.05, 0.1) is 0 Å². The maximum absolute atomic E-state index is 12.6. The number of benzene rings is 3. The van der Waals surface area contributed by atoms with E-state index in [0.717, 1.165) is 16.7 Å². The quantitative estimate of drug-likeness (QED) is 0.160. The number of rotatable bonds is 10. The first-order valence-corrected chi connectivity index (χ1v) is 12.4. The number of nitrogens with one attached hydrogen (secondary N) is 4. The minimum atomic E-state index is -0.665. The molecule has 0 saturated heterocycles. The van der Waals surface area contributed by atoms with Gasteiger partial charge in [0, 0.05) is 29.0 Å². The second-order valence-corrected chi connectivity index (χ2v) is 9.11. The number of H-pyrrole nitrogens is 1. The number of anilines is 4. The molecule has 0 unspecified atom stereocenters. The third-order valence-corrected chi connectivity index (χ3v) is 6.24. The number of hydrogen-bond acceptors (Lipinski definition) is 7. The Balaban J connectivity index is 1.44. The fraction of sp³-hybridized carbons (Fsp3) is 0.172. The van der Waals surface area contributed by atoms with E-state index in [0.29, 0.717) is 47.1 Å². The molecule has 0 fully saturated rings. The van der Waals surface area contributed by atoms with Gasteiger partial charge in [-0.3, -0.25) is 19.5 Å². The molecule has 0 spiro atoms. The third kappa shape index (κ3) is 6.24. The predicted octanol–water partition coefficient (Wildman–Crippen LogP) is 4.90. The van der Waals surface area contributed by atoms with E-state index >= 15 is 0 Å². The summed E-state index contributed by atoms with van der Waals surface area (Å²) in [5.74, 6) is -0.216. The van der Waals surface area contributed by atoms with E-state index in [2.05, 4.69) is 26.1 Å². The molecular formula is C29H30N6O4. The molecule has 0 radical (unpaired) electrons. The Morgan fingerprint density at radius 1 is 1.00 bits per heavy atom. The number of primary amides is 1. The number of aromatic nitrogens is 2. The molecule has 3 aromatic carbocycles. The van der Waals surface area contributed by atoms with Crippen LogP contribution in [0.15, 0.2) is 60.7 Å². The molecule has 0 aliphatic carbocycles. The summed E-state index contributed by atoms with van der Waals surface area (Å²) < 4.78 is 0. The monoisotopic (exact) mass is 526 g/mol. The molecule has 0 atom stereocenters. The lowest BCUT2D eigenvalue weighted by atomic mass is 10.0. The Morgan fingerprint density at radius 3 is 2.36 bits per heavy atom. The number of nitrogens with zero attached hydrogens (tertiary/aromatic N) is 1. The van der Waals surface area contributed by atoms with E-state index in [-0.39, 0.29) is 23.0 Å². The SMILES string of the molecule is CCc1cc(CNc2n[nH]c(Nc3ccc(NC(=O)c4cccc(C(C)=O)c4)cc3)c2C(N)=O)cc(C)c1O. The fourth-order valence-electron chi connectivity index (χ4n) is 4.16. The van der Waals surface area contributed by atoms with E-state index < -0.39 is 5.91 Å². The molecule has 10 heteroatoms. The highest BCUT2D eigenvalue weighted by Crippen LogP contribution is 2.28. The first kappa shape index (κ1) is 26.9. The van der Waals surface area contributed by atoms with Crippen molar-refractivity contribution in [2.45, 2.75) is 33.7 Å². The van der Waals surface area contributed by atoms with Crippen molar-refractivity contribution in [3.8, 4) is 5.75 Å². The largest absolute Gasteiger partial charge is 0.507 e. The molecule has 4 rings (SSSR count). The maximum atomic E-state index is 12.6. The molecule has 200 valence electrons. The second-order valence-electron chi connectivity index (χ2n) is 9.11. The van der Waals surface area contributed by atoms with Gasteiger partial charge in [-0.2, -0.15) is 5.10 Å². The van der Waals surface area contributed by atoms with E-state index in [1.807, 2.05) is 26.0 Å². The molecule has 2 amide bonds. The first-order valence-electron chi connectivity index (χ1n) is 12.4. The molecule has 1 aromatic heterocycles. The van der Waals surface area contributed by atoms with Gasteiger partial charge in [-0.1, -0.05) is 31.2 Å². The molecule has 39 heavy (non-hydrogen) atoms. The van der Waals surface area contributed by atoms with Crippen molar-refractivity contribution in [3.05, 3.63) is 94.0 Å². The van der Waals surface area contributed by atoms with Gasteiger partial charge in [0.2, 0.25) is 0 Å². The Bertz CT molecular complexity index is 1540. The summed E-state index contributed by atoms with van der Waals surface area (Å²) in [6.45, 7) is 5.63. The summed E-state index contributed by atoms with van der Waals surface area (Å²) in [7, 11) is 0. The van der Waals surface area contributed by atoms with Crippen LogP contribution in [0.1, 0.15) is 61.6 Å². The van der Waals surface area contributed by atoms with Gasteiger partial charge in [0.15, 0.2) is 11.6 Å². The summed E-state index contributed by atoms with van der Waals surface area (Å²) in [5, 5.41) is 26.2. The number of carbonyl (C=O) groups is 3. The van der Waals surface area contributed by atoms with E-state index in [1.54, 1.807) is 48.5 Å². The highest BCUT2D eigenvalue weighted by Gasteiger charge is 2.19. The number of Topliss-reactive ketones (excluding diaryl/α,β-unsaturated/α-hetero) is 1. The smallest absolute Gasteiger partial charge is 0.256 e. The first-order chi connectivity index (χ1) is 18.7. The van der Waals surface area contributed by atoms with Crippen LogP contribution in [-0.4, -0.2) is 32.9 Å². The van der Waals surface area contributed by atoms with Crippen LogP contribution in [0.2, 0.25) is 0 Å². The lowest BCUT2D eigenvalue weighted by molar-refractivity contribution is 0.0995. The highest BCUT2D eigenvalue weighted by molar-refractivity contribution is 6.06. The Labute approximate surface area is 225 Å². The Hall–Kier alpha value is -5.12. The number of amides is 2. The van der Waals surface area contributed by atoms with Crippen LogP contribution in [0, 0.1) is 6.92 Å². The van der Waals surface area contributed by atoms with Crippen molar-refractivity contribution in [1.29, 1.82) is 0 Å². The van der Waals surface area contributed by atoms with E-state index in [4.69, 9.17) is 5.73 Å².